The summed E-state index contributed by atoms with van der Waals surface area (Å²) >= 11 is 0. The van der Waals surface area contributed by atoms with Gasteiger partial charge < -0.3 is 14.2 Å². The molecule has 0 radical (unpaired) electrons. The highest BCUT2D eigenvalue weighted by Gasteiger charge is 2.22. The molecule has 1 aromatic heterocycles. The van der Waals surface area contributed by atoms with Gasteiger partial charge in [0.1, 0.15) is 12.3 Å². The summed E-state index contributed by atoms with van der Waals surface area (Å²) in [6.45, 7) is 4.49. The standard InChI is InChI=1S/C18H22N2O4/c1-12(2)10-14-16(24-11-13-8-6-5-7-9-13)20-15(18(21)23-4)17(19-14)22-3/h5-9,12H,10-11H2,1-4H3. The number of methoxy groups -OCH3 is 2. The summed E-state index contributed by atoms with van der Waals surface area (Å²) in [5, 5.41) is 0. The summed E-state index contributed by atoms with van der Waals surface area (Å²) in [5.74, 6) is 0.213. The Kier molecular flexibility index (Phi) is 6.12. The van der Waals surface area contributed by atoms with Crippen LogP contribution in [0.2, 0.25) is 0 Å². The number of benzene rings is 1. The van der Waals surface area contributed by atoms with Gasteiger partial charge in [-0.1, -0.05) is 44.2 Å². The van der Waals surface area contributed by atoms with E-state index in [2.05, 4.69) is 23.8 Å². The maximum atomic E-state index is 11.9. The van der Waals surface area contributed by atoms with Crippen LogP contribution in [-0.2, 0) is 17.8 Å². The van der Waals surface area contributed by atoms with E-state index >= 15 is 0 Å². The summed E-state index contributed by atoms with van der Waals surface area (Å²) in [7, 11) is 2.73. The van der Waals surface area contributed by atoms with Gasteiger partial charge in [0, 0.05) is 0 Å². The van der Waals surface area contributed by atoms with Crippen LogP contribution in [0.15, 0.2) is 30.3 Å². The lowest BCUT2D eigenvalue weighted by molar-refractivity contribution is 0.0587. The minimum atomic E-state index is -0.611. The number of rotatable bonds is 7. The Hall–Kier alpha value is -2.63. The molecule has 0 saturated heterocycles. The van der Waals surface area contributed by atoms with Gasteiger partial charge in [-0.25, -0.2) is 9.78 Å². The number of carbonyl (C=O) groups is 1. The Labute approximate surface area is 141 Å². The average molecular weight is 330 g/mol. The van der Waals surface area contributed by atoms with Crippen molar-refractivity contribution in [2.45, 2.75) is 26.9 Å². The van der Waals surface area contributed by atoms with Gasteiger partial charge in [-0.15, -0.1) is 0 Å². The zero-order chi connectivity index (χ0) is 17.5. The van der Waals surface area contributed by atoms with Gasteiger partial charge in [0.05, 0.1) is 14.2 Å². The van der Waals surface area contributed by atoms with E-state index in [9.17, 15) is 4.79 Å². The third kappa shape index (κ3) is 4.44. The molecule has 0 spiro atoms. The summed E-state index contributed by atoms with van der Waals surface area (Å²) in [4.78, 5) is 20.6. The molecule has 0 saturated carbocycles. The van der Waals surface area contributed by atoms with Crippen molar-refractivity contribution in [3.8, 4) is 11.8 Å². The summed E-state index contributed by atoms with van der Waals surface area (Å²) in [5.41, 5.74) is 1.67. The number of esters is 1. The number of nitrogens with zero attached hydrogens (tertiary/aromatic N) is 2. The molecule has 0 aliphatic rings. The molecule has 6 heteroatoms. The molecule has 0 amide bonds. The molecule has 2 aromatic rings. The molecule has 0 N–H and O–H groups in total. The first-order valence-electron chi connectivity index (χ1n) is 7.75. The molecule has 0 aliphatic heterocycles. The van der Waals surface area contributed by atoms with Crippen molar-refractivity contribution in [3.63, 3.8) is 0 Å². The number of carbonyl (C=O) groups excluding carboxylic acids is 1. The van der Waals surface area contributed by atoms with Crippen LogP contribution in [0.1, 0.15) is 35.6 Å². The topological polar surface area (TPSA) is 70.5 Å². The number of aromatic nitrogens is 2. The lowest BCUT2D eigenvalue weighted by Crippen LogP contribution is -2.13. The zero-order valence-electron chi connectivity index (χ0n) is 14.4. The summed E-state index contributed by atoms with van der Waals surface area (Å²) < 4.78 is 15.7. The van der Waals surface area contributed by atoms with E-state index in [-0.39, 0.29) is 11.6 Å². The maximum Gasteiger partial charge on any atom is 0.362 e. The van der Waals surface area contributed by atoms with Crippen molar-refractivity contribution in [2.75, 3.05) is 14.2 Å². The molecular weight excluding hydrogens is 308 g/mol. The summed E-state index contributed by atoms with van der Waals surface area (Å²) in [6, 6.07) is 9.73. The normalized spacial score (nSPS) is 10.5. The van der Waals surface area contributed by atoms with Crippen LogP contribution in [-0.4, -0.2) is 30.2 Å². The minimum Gasteiger partial charge on any atom is -0.479 e. The second kappa shape index (κ2) is 8.29. The summed E-state index contributed by atoms with van der Waals surface area (Å²) in [6.07, 6.45) is 0.662. The second-order valence-electron chi connectivity index (χ2n) is 5.70. The Morgan fingerprint density at radius 2 is 1.79 bits per heavy atom. The van der Waals surface area contributed by atoms with Crippen LogP contribution in [0.4, 0.5) is 0 Å². The van der Waals surface area contributed by atoms with Crippen molar-refractivity contribution in [1.82, 2.24) is 9.97 Å². The molecule has 24 heavy (non-hydrogen) atoms. The van der Waals surface area contributed by atoms with Crippen LogP contribution < -0.4 is 9.47 Å². The van der Waals surface area contributed by atoms with Crippen molar-refractivity contribution in [2.24, 2.45) is 5.92 Å². The minimum absolute atomic E-state index is 0.00979. The molecule has 0 fully saturated rings. The third-order valence-corrected chi connectivity index (χ3v) is 3.29. The predicted molar refractivity (Wildman–Crippen MR) is 89.2 cm³/mol. The third-order valence-electron chi connectivity index (χ3n) is 3.29. The van der Waals surface area contributed by atoms with Crippen molar-refractivity contribution in [1.29, 1.82) is 0 Å². The van der Waals surface area contributed by atoms with Crippen LogP contribution >= 0.6 is 0 Å². The number of hydrogen-bond donors (Lipinski definition) is 0. The highest BCUT2D eigenvalue weighted by atomic mass is 16.5. The molecule has 1 heterocycles. The van der Waals surface area contributed by atoms with E-state index < -0.39 is 5.97 Å². The Bertz CT molecular complexity index is 687. The van der Waals surface area contributed by atoms with Gasteiger partial charge in [0.15, 0.2) is 0 Å². The molecule has 0 unspecified atom stereocenters. The SMILES string of the molecule is COC(=O)c1nc(OCc2ccccc2)c(CC(C)C)nc1OC. The molecular formula is C18H22N2O4. The zero-order valence-corrected chi connectivity index (χ0v) is 14.4. The number of hydrogen-bond acceptors (Lipinski definition) is 6. The number of ether oxygens (including phenoxy) is 3. The lowest BCUT2D eigenvalue weighted by Gasteiger charge is -2.14. The second-order valence-corrected chi connectivity index (χ2v) is 5.70. The fourth-order valence-corrected chi connectivity index (χ4v) is 2.17. The quantitative estimate of drug-likeness (QED) is 0.727. The first kappa shape index (κ1) is 17.7. The van der Waals surface area contributed by atoms with Gasteiger partial charge in [-0.2, -0.15) is 4.98 Å². The Morgan fingerprint density at radius 1 is 1.08 bits per heavy atom. The van der Waals surface area contributed by atoms with Crippen molar-refractivity contribution in [3.05, 3.63) is 47.3 Å². The smallest absolute Gasteiger partial charge is 0.362 e. The Morgan fingerprint density at radius 3 is 2.38 bits per heavy atom. The van der Waals surface area contributed by atoms with E-state index in [1.807, 2.05) is 30.3 Å². The van der Waals surface area contributed by atoms with E-state index in [0.29, 0.717) is 30.5 Å². The average Bonchev–Trinajstić information content (AvgIpc) is 2.60. The monoisotopic (exact) mass is 330 g/mol. The highest BCUT2D eigenvalue weighted by molar-refractivity contribution is 5.89. The van der Waals surface area contributed by atoms with Crippen LogP contribution in [0.5, 0.6) is 11.8 Å². The van der Waals surface area contributed by atoms with Crippen molar-refractivity contribution < 1.29 is 19.0 Å². The first-order valence-corrected chi connectivity index (χ1v) is 7.75. The van der Waals surface area contributed by atoms with Gasteiger partial charge in [-0.05, 0) is 17.9 Å². The van der Waals surface area contributed by atoms with E-state index in [1.165, 1.54) is 14.2 Å². The molecule has 0 atom stereocenters. The first-order chi connectivity index (χ1) is 11.5. The molecule has 2 rings (SSSR count). The Balaban J connectivity index is 2.35. The van der Waals surface area contributed by atoms with Crippen LogP contribution in [0.3, 0.4) is 0 Å². The predicted octanol–water partition coefficient (Wildman–Crippen LogP) is 3.05. The lowest BCUT2D eigenvalue weighted by atomic mass is 10.1. The van der Waals surface area contributed by atoms with E-state index in [0.717, 1.165) is 5.56 Å². The highest BCUT2D eigenvalue weighted by Crippen LogP contribution is 2.25. The van der Waals surface area contributed by atoms with Gasteiger partial charge in [-0.3, -0.25) is 0 Å². The van der Waals surface area contributed by atoms with Crippen LogP contribution in [0, 0.1) is 5.92 Å². The maximum absolute atomic E-state index is 11.9. The molecule has 0 aliphatic carbocycles. The molecule has 6 nitrogen and oxygen atoms in total. The van der Waals surface area contributed by atoms with E-state index in [4.69, 9.17) is 14.2 Å². The largest absolute Gasteiger partial charge is 0.479 e. The molecule has 128 valence electrons. The fraction of sp³-hybridized carbons (Fsp3) is 0.389. The molecule has 1 aromatic carbocycles. The van der Waals surface area contributed by atoms with Crippen LogP contribution in [0.25, 0.3) is 0 Å². The van der Waals surface area contributed by atoms with Crippen molar-refractivity contribution >= 4 is 5.97 Å². The van der Waals surface area contributed by atoms with Gasteiger partial charge >= 0.3 is 5.97 Å². The fourth-order valence-electron chi connectivity index (χ4n) is 2.17. The van der Waals surface area contributed by atoms with Gasteiger partial charge in [0.25, 0.3) is 0 Å². The van der Waals surface area contributed by atoms with Gasteiger partial charge in [0.2, 0.25) is 17.5 Å². The molecule has 0 bridgehead atoms. The van der Waals surface area contributed by atoms with E-state index in [1.54, 1.807) is 0 Å².